The van der Waals surface area contributed by atoms with Crippen LogP contribution in [0, 0.1) is 11.3 Å². The summed E-state index contributed by atoms with van der Waals surface area (Å²) < 4.78 is 25.9. The maximum absolute atomic E-state index is 12.3. The molecule has 0 saturated heterocycles. The summed E-state index contributed by atoms with van der Waals surface area (Å²) in [6, 6.07) is 12.2. The van der Waals surface area contributed by atoms with E-state index >= 15 is 0 Å². The zero-order chi connectivity index (χ0) is 17.7. The van der Waals surface area contributed by atoms with Gasteiger partial charge in [-0.15, -0.1) is 11.3 Å². The second-order valence-corrected chi connectivity index (χ2v) is 8.47. The molecule has 1 aromatic heterocycles. The SMILES string of the molecule is CN(Cc1cccc(C#N)c1)C(=O)CN(C)S(=O)(=O)c1cccs1. The van der Waals surface area contributed by atoms with E-state index in [1.54, 1.807) is 36.7 Å². The number of rotatable bonds is 6. The third-order valence-corrected chi connectivity index (χ3v) is 6.60. The van der Waals surface area contributed by atoms with Gasteiger partial charge in [0.1, 0.15) is 4.21 Å². The van der Waals surface area contributed by atoms with Crippen molar-refractivity contribution in [1.82, 2.24) is 9.21 Å². The van der Waals surface area contributed by atoms with Gasteiger partial charge in [-0.05, 0) is 29.1 Å². The molecule has 0 saturated carbocycles. The van der Waals surface area contributed by atoms with Gasteiger partial charge in [0.2, 0.25) is 5.91 Å². The Kier molecular flexibility index (Phi) is 5.72. The first-order chi connectivity index (χ1) is 11.3. The van der Waals surface area contributed by atoms with Gasteiger partial charge in [-0.25, -0.2) is 8.42 Å². The van der Waals surface area contributed by atoms with Crippen molar-refractivity contribution in [3.8, 4) is 6.07 Å². The van der Waals surface area contributed by atoms with Gasteiger partial charge in [0.25, 0.3) is 10.0 Å². The first kappa shape index (κ1) is 18.1. The molecular weight excluding hydrogens is 346 g/mol. The number of hydrogen-bond donors (Lipinski definition) is 0. The van der Waals surface area contributed by atoms with Crippen LogP contribution in [0.1, 0.15) is 11.1 Å². The number of nitrogens with zero attached hydrogens (tertiary/aromatic N) is 3. The van der Waals surface area contributed by atoms with Gasteiger partial charge in [0.05, 0.1) is 18.2 Å². The summed E-state index contributed by atoms with van der Waals surface area (Å²) >= 11 is 1.12. The minimum absolute atomic E-state index is 0.210. The first-order valence-electron chi connectivity index (χ1n) is 7.07. The minimum atomic E-state index is -3.65. The molecule has 0 aliphatic heterocycles. The lowest BCUT2D eigenvalue weighted by atomic mass is 10.1. The molecule has 0 aliphatic rings. The highest BCUT2D eigenvalue weighted by atomic mass is 32.2. The number of amides is 1. The molecule has 0 radical (unpaired) electrons. The van der Waals surface area contributed by atoms with E-state index < -0.39 is 10.0 Å². The quantitative estimate of drug-likeness (QED) is 0.785. The van der Waals surface area contributed by atoms with Crippen molar-refractivity contribution in [3.05, 3.63) is 52.9 Å². The van der Waals surface area contributed by atoms with E-state index in [4.69, 9.17) is 5.26 Å². The minimum Gasteiger partial charge on any atom is -0.340 e. The summed E-state index contributed by atoms with van der Waals surface area (Å²) in [6.07, 6.45) is 0. The van der Waals surface area contributed by atoms with Crippen LogP contribution in [0.2, 0.25) is 0 Å². The van der Waals surface area contributed by atoms with E-state index in [1.165, 1.54) is 18.0 Å². The molecule has 126 valence electrons. The number of hydrogen-bond acceptors (Lipinski definition) is 5. The zero-order valence-electron chi connectivity index (χ0n) is 13.3. The molecule has 6 nitrogen and oxygen atoms in total. The van der Waals surface area contributed by atoms with Crippen molar-refractivity contribution in [1.29, 1.82) is 5.26 Å². The van der Waals surface area contributed by atoms with E-state index in [2.05, 4.69) is 0 Å². The molecule has 0 atom stereocenters. The van der Waals surface area contributed by atoms with Crippen LogP contribution < -0.4 is 0 Å². The third kappa shape index (κ3) is 4.20. The van der Waals surface area contributed by atoms with Crippen molar-refractivity contribution < 1.29 is 13.2 Å². The largest absolute Gasteiger partial charge is 0.340 e. The summed E-state index contributed by atoms with van der Waals surface area (Å²) in [5.74, 6) is -0.319. The number of carbonyl (C=O) groups is 1. The summed E-state index contributed by atoms with van der Waals surface area (Å²) in [5, 5.41) is 10.6. The second-order valence-electron chi connectivity index (χ2n) is 5.26. The van der Waals surface area contributed by atoms with Gasteiger partial charge < -0.3 is 4.90 Å². The molecule has 0 bridgehead atoms. The molecule has 1 amide bonds. The smallest absolute Gasteiger partial charge is 0.252 e. The Morgan fingerprint density at radius 1 is 1.25 bits per heavy atom. The van der Waals surface area contributed by atoms with Crippen LogP contribution >= 0.6 is 11.3 Å². The monoisotopic (exact) mass is 363 g/mol. The lowest BCUT2D eigenvalue weighted by Crippen LogP contribution is -2.38. The number of benzene rings is 1. The molecule has 1 aromatic carbocycles. The van der Waals surface area contributed by atoms with E-state index in [-0.39, 0.29) is 16.7 Å². The van der Waals surface area contributed by atoms with Crippen molar-refractivity contribution in [2.24, 2.45) is 0 Å². The average molecular weight is 363 g/mol. The maximum Gasteiger partial charge on any atom is 0.252 e. The van der Waals surface area contributed by atoms with Crippen LogP contribution in [0.5, 0.6) is 0 Å². The molecular formula is C16H17N3O3S2. The predicted molar refractivity (Wildman–Crippen MR) is 91.8 cm³/mol. The molecule has 0 N–H and O–H groups in total. The summed E-state index contributed by atoms with van der Waals surface area (Å²) in [5.41, 5.74) is 1.33. The summed E-state index contributed by atoms with van der Waals surface area (Å²) in [4.78, 5) is 13.7. The first-order valence-corrected chi connectivity index (χ1v) is 9.39. The Balaban J connectivity index is 2.02. The number of carbonyl (C=O) groups excluding carboxylic acids is 1. The number of sulfonamides is 1. The number of nitriles is 1. The highest BCUT2D eigenvalue weighted by Crippen LogP contribution is 2.19. The van der Waals surface area contributed by atoms with Crippen LogP contribution in [0.15, 0.2) is 46.0 Å². The van der Waals surface area contributed by atoms with Crippen LogP contribution in [0.3, 0.4) is 0 Å². The van der Waals surface area contributed by atoms with Crippen molar-refractivity contribution in [2.75, 3.05) is 20.6 Å². The van der Waals surface area contributed by atoms with E-state index in [0.29, 0.717) is 12.1 Å². The lowest BCUT2D eigenvalue weighted by molar-refractivity contribution is -0.130. The maximum atomic E-state index is 12.3. The summed E-state index contributed by atoms with van der Waals surface area (Å²) in [7, 11) is -0.656. The van der Waals surface area contributed by atoms with E-state index in [1.807, 2.05) is 12.1 Å². The van der Waals surface area contributed by atoms with E-state index in [9.17, 15) is 13.2 Å². The van der Waals surface area contributed by atoms with E-state index in [0.717, 1.165) is 21.2 Å². The van der Waals surface area contributed by atoms with Crippen molar-refractivity contribution >= 4 is 27.3 Å². The molecule has 0 unspecified atom stereocenters. The fourth-order valence-electron chi connectivity index (χ4n) is 2.06. The van der Waals surface area contributed by atoms with Gasteiger partial charge in [-0.1, -0.05) is 18.2 Å². The van der Waals surface area contributed by atoms with Gasteiger partial charge in [-0.2, -0.15) is 9.57 Å². The average Bonchev–Trinajstić information content (AvgIpc) is 3.10. The summed E-state index contributed by atoms with van der Waals surface area (Å²) in [6.45, 7) is 0.0654. The molecule has 2 rings (SSSR count). The Hall–Kier alpha value is -2.21. The van der Waals surface area contributed by atoms with Crippen LogP contribution in [0.4, 0.5) is 0 Å². The second kappa shape index (κ2) is 7.57. The molecule has 0 spiro atoms. The van der Waals surface area contributed by atoms with Crippen molar-refractivity contribution in [2.45, 2.75) is 10.8 Å². The van der Waals surface area contributed by atoms with Gasteiger partial charge in [-0.3, -0.25) is 4.79 Å². The van der Waals surface area contributed by atoms with Gasteiger partial charge >= 0.3 is 0 Å². The molecule has 24 heavy (non-hydrogen) atoms. The van der Waals surface area contributed by atoms with Gasteiger partial charge in [0, 0.05) is 20.6 Å². The molecule has 8 heteroatoms. The highest BCUT2D eigenvalue weighted by molar-refractivity contribution is 7.91. The highest BCUT2D eigenvalue weighted by Gasteiger charge is 2.25. The Morgan fingerprint density at radius 2 is 2.00 bits per heavy atom. The van der Waals surface area contributed by atoms with Gasteiger partial charge in [0.15, 0.2) is 0 Å². The Bertz CT molecular complexity index is 855. The normalized spacial score (nSPS) is 11.2. The third-order valence-electron chi connectivity index (χ3n) is 3.42. The fourth-order valence-corrected chi connectivity index (χ4v) is 4.38. The van der Waals surface area contributed by atoms with Crippen LogP contribution in [-0.2, 0) is 21.4 Å². The predicted octanol–water partition coefficient (Wildman–Crippen LogP) is 1.90. The molecule has 0 fully saturated rings. The lowest BCUT2D eigenvalue weighted by Gasteiger charge is -2.21. The van der Waals surface area contributed by atoms with Crippen molar-refractivity contribution in [3.63, 3.8) is 0 Å². The zero-order valence-corrected chi connectivity index (χ0v) is 15.0. The molecule has 0 aliphatic carbocycles. The molecule has 1 heterocycles. The topological polar surface area (TPSA) is 81.5 Å². The van der Waals surface area contributed by atoms with Crippen LogP contribution in [-0.4, -0.2) is 44.2 Å². The Labute approximate surface area is 145 Å². The van der Waals surface area contributed by atoms with Crippen LogP contribution in [0.25, 0.3) is 0 Å². The standard InChI is InChI=1S/C16H17N3O3S2/c1-18(11-14-6-3-5-13(9-14)10-17)15(20)12-19(2)24(21,22)16-7-4-8-23-16/h3-9H,11-12H2,1-2H3. The fraction of sp³-hybridized carbons (Fsp3) is 0.250. The molecule has 2 aromatic rings. The Morgan fingerprint density at radius 3 is 2.62 bits per heavy atom. The number of thiophene rings is 1. The number of likely N-dealkylation sites (N-methyl/N-ethyl adjacent to an activating group) is 2.